The van der Waals surface area contributed by atoms with Crippen molar-refractivity contribution in [1.82, 2.24) is 4.90 Å². The average Bonchev–Trinajstić information content (AvgIpc) is 2.61. The van der Waals surface area contributed by atoms with Gasteiger partial charge in [0.25, 0.3) is 0 Å². The average molecular weight is 348 g/mol. The van der Waals surface area contributed by atoms with E-state index in [1.54, 1.807) is 7.11 Å². The van der Waals surface area contributed by atoms with Crippen molar-refractivity contribution in [3.05, 3.63) is 29.8 Å². The molecule has 2 N–H and O–H groups in total. The van der Waals surface area contributed by atoms with Gasteiger partial charge in [0.2, 0.25) is 0 Å². The number of nitrogens with one attached hydrogen (secondary N) is 1. The van der Waals surface area contributed by atoms with Crippen LogP contribution in [-0.4, -0.2) is 60.1 Å². The lowest BCUT2D eigenvalue weighted by Crippen LogP contribution is -2.59. The Kier molecular flexibility index (Phi) is 6.56. The van der Waals surface area contributed by atoms with Gasteiger partial charge in [0.15, 0.2) is 5.78 Å². The molecule has 6 nitrogen and oxygen atoms in total. The van der Waals surface area contributed by atoms with Crippen molar-refractivity contribution in [2.24, 2.45) is 0 Å². The fraction of sp³-hybridized carbons (Fsp3) is 0.579. The number of carboxylic acids is 1. The molecule has 2 atom stereocenters. The van der Waals surface area contributed by atoms with Crippen LogP contribution in [-0.2, 0) is 9.53 Å². The molecule has 1 heterocycles. The summed E-state index contributed by atoms with van der Waals surface area (Å²) in [5.41, 5.74) is 1.08. The Bertz CT molecular complexity index is 619. The number of Topliss-reactive ketones (excluding diaryl/α,β-unsaturated/α-hetero) is 1. The SMILES string of the molecule is CCC(=O)c1ccccc1NC1CCN(CCC(=O)O)CC1(C)OC. The molecule has 25 heavy (non-hydrogen) atoms. The first-order valence-corrected chi connectivity index (χ1v) is 8.77. The van der Waals surface area contributed by atoms with Crippen LogP contribution < -0.4 is 5.32 Å². The van der Waals surface area contributed by atoms with Gasteiger partial charge in [0.05, 0.1) is 18.1 Å². The summed E-state index contributed by atoms with van der Waals surface area (Å²) >= 11 is 0. The third-order valence-corrected chi connectivity index (χ3v) is 5.00. The zero-order valence-electron chi connectivity index (χ0n) is 15.2. The fourth-order valence-corrected chi connectivity index (χ4v) is 3.36. The molecule has 0 amide bonds. The van der Waals surface area contributed by atoms with Crippen LogP contribution in [0.25, 0.3) is 0 Å². The van der Waals surface area contributed by atoms with Crippen molar-refractivity contribution < 1.29 is 19.4 Å². The molecular weight excluding hydrogens is 320 g/mol. The fourth-order valence-electron chi connectivity index (χ4n) is 3.36. The van der Waals surface area contributed by atoms with Gasteiger partial charge in [-0.25, -0.2) is 0 Å². The standard InChI is InChI=1S/C19H28N2O4/c1-4-16(22)14-7-5-6-8-15(14)20-17-9-11-21(12-10-18(23)24)13-19(17,2)25-3/h5-8,17,20H,4,9-13H2,1-3H3,(H,23,24). The number of hydrogen-bond donors (Lipinski definition) is 2. The third kappa shape index (κ3) is 4.80. The van der Waals surface area contributed by atoms with Crippen molar-refractivity contribution in [3.63, 3.8) is 0 Å². The summed E-state index contributed by atoms with van der Waals surface area (Å²) in [6.45, 7) is 5.86. The molecule has 0 radical (unpaired) electrons. The molecule has 0 aliphatic carbocycles. The Morgan fingerprint density at radius 2 is 2.12 bits per heavy atom. The van der Waals surface area contributed by atoms with Gasteiger partial charge >= 0.3 is 5.97 Å². The van der Waals surface area contributed by atoms with Gasteiger partial charge in [-0.15, -0.1) is 0 Å². The predicted octanol–water partition coefficient (Wildman–Crippen LogP) is 2.65. The predicted molar refractivity (Wildman–Crippen MR) is 97.2 cm³/mol. The topological polar surface area (TPSA) is 78.9 Å². The Hall–Kier alpha value is -1.92. The second-order valence-electron chi connectivity index (χ2n) is 6.74. The van der Waals surface area contributed by atoms with Crippen molar-refractivity contribution in [3.8, 4) is 0 Å². The van der Waals surface area contributed by atoms with Gasteiger partial charge < -0.3 is 15.2 Å². The summed E-state index contributed by atoms with van der Waals surface area (Å²) in [4.78, 5) is 25.1. The zero-order chi connectivity index (χ0) is 18.4. The number of benzene rings is 1. The lowest BCUT2D eigenvalue weighted by Gasteiger charge is -2.46. The minimum atomic E-state index is -0.786. The molecule has 0 bridgehead atoms. The number of carboxylic acid groups (broad SMARTS) is 1. The maximum atomic E-state index is 12.2. The van der Waals surface area contributed by atoms with E-state index in [2.05, 4.69) is 10.2 Å². The van der Waals surface area contributed by atoms with Gasteiger partial charge in [0.1, 0.15) is 0 Å². The van der Waals surface area contributed by atoms with E-state index in [9.17, 15) is 9.59 Å². The molecule has 1 fully saturated rings. The molecular formula is C19H28N2O4. The summed E-state index contributed by atoms with van der Waals surface area (Å²) < 4.78 is 5.79. The van der Waals surface area contributed by atoms with E-state index in [1.165, 1.54) is 0 Å². The normalized spacial score (nSPS) is 24.0. The number of anilines is 1. The second kappa shape index (κ2) is 8.45. The van der Waals surface area contributed by atoms with Gasteiger partial charge in [-0.1, -0.05) is 19.1 Å². The summed E-state index contributed by atoms with van der Waals surface area (Å²) in [5.74, 6) is -0.674. The number of likely N-dealkylation sites (tertiary alicyclic amines) is 1. The third-order valence-electron chi connectivity index (χ3n) is 5.00. The Labute approximate surface area is 149 Å². The molecule has 0 spiro atoms. The number of carbonyl (C=O) groups is 2. The number of nitrogens with zero attached hydrogens (tertiary/aromatic N) is 1. The maximum Gasteiger partial charge on any atom is 0.304 e. The Morgan fingerprint density at radius 1 is 1.40 bits per heavy atom. The number of methoxy groups -OCH3 is 1. The van der Waals surface area contributed by atoms with Crippen LogP contribution in [0.1, 0.15) is 43.5 Å². The number of ketones is 1. The van der Waals surface area contributed by atoms with Crippen LogP contribution in [0.5, 0.6) is 0 Å². The molecule has 1 saturated heterocycles. The zero-order valence-corrected chi connectivity index (χ0v) is 15.2. The number of aliphatic carboxylic acids is 1. The molecule has 138 valence electrons. The number of para-hydroxylation sites is 1. The van der Waals surface area contributed by atoms with Crippen molar-refractivity contribution >= 4 is 17.4 Å². The molecule has 1 aromatic carbocycles. The first-order chi connectivity index (χ1) is 11.9. The van der Waals surface area contributed by atoms with E-state index >= 15 is 0 Å². The van der Waals surface area contributed by atoms with E-state index in [4.69, 9.17) is 9.84 Å². The van der Waals surface area contributed by atoms with Gasteiger partial charge in [-0.2, -0.15) is 0 Å². The van der Waals surface area contributed by atoms with Crippen molar-refractivity contribution in [2.45, 2.75) is 44.8 Å². The smallest absolute Gasteiger partial charge is 0.304 e. The molecule has 0 aromatic heterocycles. The minimum Gasteiger partial charge on any atom is -0.481 e. The second-order valence-corrected chi connectivity index (χ2v) is 6.74. The monoisotopic (exact) mass is 348 g/mol. The van der Waals surface area contributed by atoms with E-state index in [-0.39, 0.29) is 18.2 Å². The first kappa shape index (κ1) is 19.4. The summed E-state index contributed by atoms with van der Waals surface area (Å²) in [5, 5.41) is 12.4. The molecule has 1 aromatic rings. The van der Waals surface area contributed by atoms with Crippen LogP contribution >= 0.6 is 0 Å². The number of rotatable bonds is 8. The van der Waals surface area contributed by atoms with E-state index < -0.39 is 11.6 Å². The molecule has 1 aliphatic heterocycles. The Morgan fingerprint density at radius 3 is 2.76 bits per heavy atom. The Balaban J connectivity index is 2.12. The molecule has 1 aliphatic rings. The van der Waals surface area contributed by atoms with Gasteiger partial charge in [-0.3, -0.25) is 14.5 Å². The molecule has 2 unspecified atom stereocenters. The number of piperidine rings is 1. The summed E-state index contributed by atoms with van der Waals surface area (Å²) in [7, 11) is 1.68. The van der Waals surface area contributed by atoms with Gasteiger partial charge in [0, 0.05) is 44.4 Å². The van der Waals surface area contributed by atoms with Crippen LogP contribution in [0.15, 0.2) is 24.3 Å². The van der Waals surface area contributed by atoms with Gasteiger partial charge in [-0.05, 0) is 25.5 Å². The minimum absolute atomic E-state index is 0.0457. The van der Waals surface area contributed by atoms with Crippen molar-refractivity contribution in [1.29, 1.82) is 0 Å². The van der Waals surface area contributed by atoms with Crippen LogP contribution in [0, 0.1) is 0 Å². The highest BCUT2D eigenvalue weighted by Crippen LogP contribution is 2.29. The van der Waals surface area contributed by atoms with E-state index in [0.717, 1.165) is 18.7 Å². The molecule has 2 rings (SSSR count). The highest BCUT2D eigenvalue weighted by molar-refractivity contribution is 6.01. The number of hydrogen-bond acceptors (Lipinski definition) is 5. The lowest BCUT2D eigenvalue weighted by atomic mass is 9.88. The highest BCUT2D eigenvalue weighted by atomic mass is 16.5. The number of carbonyl (C=O) groups excluding carboxylic acids is 1. The highest BCUT2D eigenvalue weighted by Gasteiger charge is 2.40. The summed E-state index contributed by atoms with van der Waals surface area (Å²) in [6.07, 6.45) is 1.41. The summed E-state index contributed by atoms with van der Waals surface area (Å²) in [6, 6.07) is 7.61. The quantitative estimate of drug-likeness (QED) is 0.703. The van der Waals surface area contributed by atoms with Crippen molar-refractivity contribution in [2.75, 3.05) is 32.1 Å². The lowest BCUT2D eigenvalue weighted by molar-refractivity contribution is -0.138. The number of ether oxygens (including phenoxy) is 1. The maximum absolute atomic E-state index is 12.2. The molecule has 0 saturated carbocycles. The molecule has 6 heteroatoms. The van der Waals surface area contributed by atoms with Crippen LogP contribution in [0.3, 0.4) is 0 Å². The van der Waals surface area contributed by atoms with E-state index in [1.807, 2.05) is 38.1 Å². The van der Waals surface area contributed by atoms with Crippen LogP contribution in [0.2, 0.25) is 0 Å². The first-order valence-electron chi connectivity index (χ1n) is 8.77. The van der Waals surface area contributed by atoms with E-state index in [0.29, 0.717) is 25.1 Å². The largest absolute Gasteiger partial charge is 0.481 e. The van der Waals surface area contributed by atoms with Crippen LogP contribution in [0.4, 0.5) is 5.69 Å².